The van der Waals surface area contributed by atoms with Crippen LogP contribution in [-0.2, 0) is 11.2 Å². The third-order valence-corrected chi connectivity index (χ3v) is 6.92. The van der Waals surface area contributed by atoms with Gasteiger partial charge in [-0.05, 0) is 35.7 Å². The Morgan fingerprint density at radius 2 is 1.73 bits per heavy atom. The molecule has 1 N–H and O–H groups in total. The highest BCUT2D eigenvalue weighted by molar-refractivity contribution is 7.99. The van der Waals surface area contributed by atoms with Crippen LogP contribution in [0, 0.1) is 0 Å². The van der Waals surface area contributed by atoms with E-state index in [1.807, 2.05) is 65.2 Å². The Labute approximate surface area is 225 Å². The van der Waals surface area contributed by atoms with Gasteiger partial charge in [0.05, 0.1) is 23.6 Å². The van der Waals surface area contributed by atoms with Crippen LogP contribution in [0.1, 0.15) is 29.5 Å². The number of benzene rings is 3. The molecule has 0 spiro atoms. The maximum atomic E-state index is 13.0. The van der Waals surface area contributed by atoms with Gasteiger partial charge in [0.1, 0.15) is 11.6 Å². The molecular formula is C28H27ClN4O3S. The van der Waals surface area contributed by atoms with Crippen molar-refractivity contribution in [2.45, 2.75) is 24.9 Å². The van der Waals surface area contributed by atoms with Crippen LogP contribution in [0.15, 0.2) is 78.0 Å². The standard InChI is InChI=1S/C28H27ClN4O3S/c1-19(34)30-16-6-9-27-31-32-28(33(27)23-14-15-26(36-2)24(29)17-23)37-18-25(35)22-12-10-21(11-13-22)20-7-4-3-5-8-20/h3-5,7-8,10-15,17H,6,9,16,18H2,1-2H3,(H,30,34). The van der Waals surface area contributed by atoms with Gasteiger partial charge in [-0.25, -0.2) is 0 Å². The number of Topliss-reactive ketones (excluding diaryl/α,β-unsaturated/α-hetero) is 1. The van der Waals surface area contributed by atoms with Gasteiger partial charge in [0, 0.05) is 25.5 Å². The predicted molar refractivity (Wildman–Crippen MR) is 147 cm³/mol. The molecular weight excluding hydrogens is 508 g/mol. The van der Waals surface area contributed by atoms with Gasteiger partial charge < -0.3 is 10.1 Å². The lowest BCUT2D eigenvalue weighted by Crippen LogP contribution is -2.21. The second-order valence-electron chi connectivity index (χ2n) is 8.29. The minimum absolute atomic E-state index is 0.000803. The molecule has 4 aromatic rings. The second-order valence-corrected chi connectivity index (χ2v) is 9.64. The number of hydrogen-bond donors (Lipinski definition) is 1. The molecule has 0 saturated carbocycles. The van der Waals surface area contributed by atoms with E-state index in [4.69, 9.17) is 16.3 Å². The summed E-state index contributed by atoms with van der Waals surface area (Å²) in [6.07, 6.45) is 1.28. The first-order chi connectivity index (χ1) is 18.0. The molecule has 3 aromatic carbocycles. The number of hydrogen-bond acceptors (Lipinski definition) is 6. The highest BCUT2D eigenvalue weighted by Crippen LogP contribution is 2.30. The molecule has 0 atom stereocenters. The van der Waals surface area contributed by atoms with Crippen molar-refractivity contribution in [2.75, 3.05) is 19.4 Å². The lowest BCUT2D eigenvalue weighted by atomic mass is 10.0. The van der Waals surface area contributed by atoms with Gasteiger partial charge in [-0.1, -0.05) is 78.0 Å². The van der Waals surface area contributed by atoms with Crippen molar-refractivity contribution >= 4 is 35.1 Å². The Hall–Kier alpha value is -3.62. The summed E-state index contributed by atoms with van der Waals surface area (Å²) in [4.78, 5) is 24.2. The summed E-state index contributed by atoms with van der Waals surface area (Å²) in [5, 5.41) is 12.6. The van der Waals surface area contributed by atoms with Crippen molar-refractivity contribution in [3.05, 3.63) is 89.2 Å². The largest absolute Gasteiger partial charge is 0.495 e. The molecule has 0 saturated heterocycles. The average molecular weight is 535 g/mol. The molecule has 0 aliphatic carbocycles. The van der Waals surface area contributed by atoms with E-state index >= 15 is 0 Å². The predicted octanol–water partition coefficient (Wildman–Crippen LogP) is 5.64. The molecule has 1 heterocycles. The Morgan fingerprint density at radius 1 is 1.00 bits per heavy atom. The summed E-state index contributed by atoms with van der Waals surface area (Å²) in [6, 6.07) is 23.1. The molecule has 0 aliphatic rings. The molecule has 0 bridgehead atoms. The van der Waals surface area contributed by atoms with Gasteiger partial charge in [-0.15, -0.1) is 10.2 Å². The van der Waals surface area contributed by atoms with Crippen LogP contribution in [-0.4, -0.2) is 45.9 Å². The molecule has 4 rings (SSSR count). The molecule has 1 amide bonds. The van der Waals surface area contributed by atoms with E-state index in [2.05, 4.69) is 15.5 Å². The fourth-order valence-electron chi connectivity index (χ4n) is 3.81. The van der Waals surface area contributed by atoms with Crippen molar-refractivity contribution in [2.24, 2.45) is 0 Å². The van der Waals surface area contributed by atoms with Gasteiger partial charge in [0.2, 0.25) is 5.91 Å². The fraction of sp³-hybridized carbons (Fsp3) is 0.214. The van der Waals surface area contributed by atoms with Crippen molar-refractivity contribution < 1.29 is 14.3 Å². The lowest BCUT2D eigenvalue weighted by Gasteiger charge is -2.12. The van der Waals surface area contributed by atoms with Crippen LogP contribution in [0.25, 0.3) is 16.8 Å². The SMILES string of the molecule is COc1ccc(-n2c(CCCNC(C)=O)nnc2SCC(=O)c2ccc(-c3ccccc3)cc2)cc1Cl. The number of rotatable bonds is 11. The van der Waals surface area contributed by atoms with Crippen LogP contribution in [0.4, 0.5) is 0 Å². The van der Waals surface area contributed by atoms with Crippen LogP contribution in [0.5, 0.6) is 5.75 Å². The number of aromatic nitrogens is 3. The van der Waals surface area contributed by atoms with E-state index in [0.717, 1.165) is 16.8 Å². The number of aryl methyl sites for hydroxylation is 1. The maximum Gasteiger partial charge on any atom is 0.216 e. The Balaban J connectivity index is 1.51. The highest BCUT2D eigenvalue weighted by atomic mass is 35.5. The number of nitrogens with one attached hydrogen (secondary N) is 1. The quantitative estimate of drug-likeness (QED) is 0.152. The third kappa shape index (κ3) is 6.78. The number of ether oxygens (including phenoxy) is 1. The monoisotopic (exact) mass is 534 g/mol. The van der Waals surface area contributed by atoms with Gasteiger partial charge >= 0.3 is 0 Å². The molecule has 9 heteroatoms. The number of ketones is 1. The number of amides is 1. The van der Waals surface area contributed by atoms with E-state index in [9.17, 15) is 9.59 Å². The molecule has 190 valence electrons. The molecule has 0 radical (unpaired) electrons. The molecule has 0 aliphatic heterocycles. The van der Waals surface area contributed by atoms with Gasteiger partial charge in [0.25, 0.3) is 0 Å². The zero-order valence-electron chi connectivity index (χ0n) is 20.6. The van der Waals surface area contributed by atoms with Crippen LogP contribution < -0.4 is 10.1 Å². The lowest BCUT2D eigenvalue weighted by molar-refractivity contribution is -0.118. The smallest absolute Gasteiger partial charge is 0.216 e. The van der Waals surface area contributed by atoms with Crippen molar-refractivity contribution in [3.63, 3.8) is 0 Å². The Morgan fingerprint density at radius 3 is 2.41 bits per heavy atom. The zero-order chi connectivity index (χ0) is 26.2. The number of carbonyl (C=O) groups excluding carboxylic acids is 2. The van der Waals surface area contributed by atoms with Gasteiger partial charge in [-0.2, -0.15) is 0 Å². The number of nitrogens with zero attached hydrogens (tertiary/aromatic N) is 3. The second kappa shape index (κ2) is 12.6. The van der Waals surface area contributed by atoms with Crippen LogP contribution in [0.2, 0.25) is 5.02 Å². The molecule has 37 heavy (non-hydrogen) atoms. The number of carbonyl (C=O) groups is 2. The average Bonchev–Trinajstić information content (AvgIpc) is 3.32. The number of methoxy groups -OCH3 is 1. The van der Waals surface area contributed by atoms with Crippen molar-refractivity contribution in [1.29, 1.82) is 0 Å². The molecule has 0 unspecified atom stereocenters. The Kier molecular flexibility index (Phi) is 8.98. The Bertz CT molecular complexity index is 1370. The molecule has 1 aromatic heterocycles. The minimum Gasteiger partial charge on any atom is -0.495 e. The van der Waals surface area contributed by atoms with Crippen LogP contribution >= 0.6 is 23.4 Å². The summed E-state index contributed by atoms with van der Waals surface area (Å²) >= 11 is 7.71. The van der Waals surface area contributed by atoms with Gasteiger partial charge in [-0.3, -0.25) is 14.2 Å². The van der Waals surface area contributed by atoms with Crippen molar-refractivity contribution in [1.82, 2.24) is 20.1 Å². The normalized spacial score (nSPS) is 10.8. The highest BCUT2D eigenvalue weighted by Gasteiger charge is 2.18. The summed E-state index contributed by atoms with van der Waals surface area (Å²) in [6.45, 7) is 2.02. The van der Waals surface area contributed by atoms with Crippen molar-refractivity contribution in [3.8, 4) is 22.6 Å². The third-order valence-electron chi connectivity index (χ3n) is 5.69. The number of thioether (sulfide) groups is 1. The van der Waals surface area contributed by atoms with E-state index in [1.54, 1.807) is 19.2 Å². The summed E-state index contributed by atoms with van der Waals surface area (Å²) in [5.41, 5.74) is 3.58. The zero-order valence-corrected chi connectivity index (χ0v) is 22.2. The first-order valence-corrected chi connectivity index (χ1v) is 13.2. The van der Waals surface area contributed by atoms with E-state index in [1.165, 1.54) is 18.7 Å². The summed E-state index contributed by atoms with van der Waals surface area (Å²) in [5.74, 6) is 1.41. The molecule has 7 nitrogen and oxygen atoms in total. The first kappa shape index (κ1) is 26.4. The summed E-state index contributed by atoms with van der Waals surface area (Å²) in [7, 11) is 1.56. The number of halogens is 1. The fourth-order valence-corrected chi connectivity index (χ4v) is 4.93. The molecule has 0 fully saturated rings. The van der Waals surface area contributed by atoms with E-state index < -0.39 is 0 Å². The van der Waals surface area contributed by atoms with Gasteiger partial charge in [0.15, 0.2) is 10.9 Å². The summed E-state index contributed by atoms with van der Waals surface area (Å²) < 4.78 is 7.18. The van der Waals surface area contributed by atoms with E-state index in [-0.39, 0.29) is 17.4 Å². The minimum atomic E-state index is -0.0741. The maximum absolute atomic E-state index is 13.0. The van der Waals surface area contributed by atoms with Crippen LogP contribution in [0.3, 0.4) is 0 Å². The topological polar surface area (TPSA) is 86.1 Å². The van der Waals surface area contributed by atoms with E-state index in [0.29, 0.717) is 46.7 Å². The first-order valence-electron chi connectivity index (χ1n) is 11.8.